The van der Waals surface area contributed by atoms with E-state index in [1.807, 2.05) is 37.3 Å². The SMILES string of the molecule is CC(CS(=O)(=O)NCC1CC(N)C1)c1ccccc1. The second-order valence-electron chi connectivity index (χ2n) is 5.54. The number of hydrogen-bond donors (Lipinski definition) is 2. The van der Waals surface area contributed by atoms with Gasteiger partial charge in [-0.1, -0.05) is 37.3 Å². The van der Waals surface area contributed by atoms with Gasteiger partial charge in [-0.05, 0) is 30.2 Å². The van der Waals surface area contributed by atoms with E-state index in [0.717, 1.165) is 18.4 Å². The molecule has 0 spiro atoms. The van der Waals surface area contributed by atoms with Gasteiger partial charge in [-0.15, -0.1) is 0 Å². The third kappa shape index (κ3) is 4.30. The van der Waals surface area contributed by atoms with Crippen molar-refractivity contribution in [3.63, 3.8) is 0 Å². The Balaban J connectivity index is 1.83. The zero-order valence-electron chi connectivity index (χ0n) is 11.2. The van der Waals surface area contributed by atoms with Crippen molar-refractivity contribution >= 4 is 10.0 Å². The molecule has 1 aromatic rings. The van der Waals surface area contributed by atoms with Gasteiger partial charge in [0, 0.05) is 12.6 Å². The predicted molar refractivity (Wildman–Crippen MR) is 77.3 cm³/mol. The molecule has 3 N–H and O–H groups in total. The highest BCUT2D eigenvalue weighted by Gasteiger charge is 2.27. The molecule has 1 atom stereocenters. The first-order valence-electron chi connectivity index (χ1n) is 6.74. The maximum absolute atomic E-state index is 12.0. The summed E-state index contributed by atoms with van der Waals surface area (Å²) < 4.78 is 26.7. The lowest BCUT2D eigenvalue weighted by Crippen LogP contribution is -2.43. The van der Waals surface area contributed by atoms with E-state index >= 15 is 0 Å². The van der Waals surface area contributed by atoms with Crippen molar-refractivity contribution in [2.75, 3.05) is 12.3 Å². The molecule has 1 aliphatic carbocycles. The van der Waals surface area contributed by atoms with Gasteiger partial charge < -0.3 is 5.73 Å². The summed E-state index contributed by atoms with van der Waals surface area (Å²) in [6.07, 6.45) is 1.85. The highest BCUT2D eigenvalue weighted by Crippen LogP contribution is 2.25. The largest absolute Gasteiger partial charge is 0.328 e. The molecular formula is C14H22N2O2S. The van der Waals surface area contributed by atoms with E-state index in [4.69, 9.17) is 5.73 Å². The maximum Gasteiger partial charge on any atom is 0.212 e. The Labute approximate surface area is 115 Å². The Morgan fingerprint density at radius 3 is 2.53 bits per heavy atom. The molecule has 4 nitrogen and oxygen atoms in total. The normalized spacial score (nSPS) is 24.7. The predicted octanol–water partition coefficient (Wildman–Crippen LogP) is 1.45. The summed E-state index contributed by atoms with van der Waals surface area (Å²) in [7, 11) is -3.21. The van der Waals surface area contributed by atoms with Crippen LogP contribution in [0.4, 0.5) is 0 Å². The highest BCUT2D eigenvalue weighted by molar-refractivity contribution is 7.89. The summed E-state index contributed by atoms with van der Waals surface area (Å²) in [5.41, 5.74) is 6.74. The second kappa shape index (κ2) is 6.03. The molecule has 0 aromatic heterocycles. The first-order chi connectivity index (χ1) is 8.96. The fourth-order valence-corrected chi connectivity index (χ4v) is 3.92. The van der Waals surface area contributed by atoms with Crippen molar-refractivity contribution in [1.29, 1.82) is 0 Å². The van der Waals surface area contributed by atoms with Crippen LogP contribution in [0.25, 0.3) is 0 Å². The summed E-state index contributed by atoms with van der Waals surface area (Å²) in [5, 5.41) is 0. The molecule has 19 heavy (non-hydrogen) atoms. The molecule has 0 saturated heterocycles. The van der Waals surface area contributed by atoms with E-state index < -0.39 is 10.0 Å². The smallest absolute Gasteiger partial charge is 0.212 e. The summed E-state index contributed by atoms with van der Waals surface area (Å²) in [6.45, 7) is 2.46. The minimum absolute atomic E-state index is 0.00217. The van der Waals surface area contributed by atoms with Gasteiger partial charge in [0.25, 0.3) is 0 Å². The van der Waals surface area contributed by atoms with E-state index in [0.29, 0.717) is 12.5 Å². The van der Waals surface area contributed by atoms with Crippen LogP contribution in [0.5, 0.6) is 0 Å². The fourth-order valence-electron chi connectivity index (χ4n) is 2.46. The van der Waals surface area contributed by atoms with Crippen LogP contribution in [0.1, 0.15) is 31.2 Å². The Morgan fingerprint density at radius 2 is 1.95 bits per heavy atom. The van der Waals surface area contributed by atoms with E-state index in [2.05, 4.69) is 4.72 Å². The first kappa shape index (κ1) is 14.5. The van der Waals surface area contributed by atoms with Gasteiger partial charge in [-0.25, -0.2) is 13.1 Å². The minimum Gasteiger partial charge on any atom is -0.328 e. The van der Waals surface area contributed by atoms with Gasteiger partial charge in [-0.3, -0.25) is 0 Å². The quantitative estimate of drug-likeness (QED) is 0.829. The van der Waals surface area contributed by atoms with Crippen molar-refractivity contribution in [3.8, 4) is 0 Å². The third-order valence-electron chi connectivity index (χ3n) is 3.70. The van der Waals surface area contributed by atoms with E-state index in [1.54, 1.807) is 0 Å². The summed E-state index contributed by atoms with van der Waals surface area (Å²) >= 11 is 0. The Kier molecular flexibility index (Phi) is 4.60. The number of sulfonamides is 1. The van der Waals surface area contributed by atoms with Gasteiger partial charge >= 0.3 is 0 Å². The highest BCUT2D eigenvalue weighted by atomic mass is 32.2. The molecule has 1 saturated carbocycles. The van der Waals surface area contributed by atoms with Gasteiger partial charge in [0.1, 0.15) is 0 Å². The van der Waals surface area contributed by atoms with Crippen LogP contribution in [-0.2, 0) is 10.0 Å². The zero-order valence-corrected chi connectivity index (χ0v) is 12.1. The van der Waals surface area contributed by atoms with Gasteiger partial charge in [-0.2, -0.15) is 0 Å². The number of rotatable bonds is 6. The van der Waals surface area contributed by atoms with Crippen molar-refractivity contribution in [2.24, 2.45) is 11.7 Å². The van der Waals surface area contributed by atoms with Crippen LogP contribution in [0.2, 0.25) is 0 Å². The van der Waals surface area contributed by atoms with Gasteiger partial charge in [0.05, 0.1) is 5.75 Å². The van der Waals surface area contributed by atoms with Gasteiger partial charge in [0.15, 0.2) is 0 Å². The molecule has 2 rings (SSSR count). The van der Waals surface area contributed by atoms with Crippen LogP contribution in [0.15, 0.2) is 30.3 Å². The molecule has 1 unspecified atom stereocenters. The zero-order chi connectivity index (χ0) is 13.9. The molecule has 1 fully saturated rings. The van der Waals surface area contributed by atoms with Gasteiger partial charge in [0.2, 0.25) is 10.0 Å². The van der Waals surface area contributed by atoms with Crippen molar-refractivity contribution in [1.82, 2.24) is 4.72 Å². The maximum atomic E-state index is 12.0. The molecule has 106 valence electrons. The molecule has 1 aromatic carbocycles. The Morgan fingerprint density at radius 1 is 1.32 bits per heavy atom. The minimum atomic E-state index is -3.21. The lowest BCUT2D eigenvalue weighted by Gasteiger charge is -2.32. The second-order valence-corrected chi connectivity index (χ2v) is 7.39. The van der Waals surface area contributed by atoms with E-state index in [9.17, 15) is 8.42 Å². The summed E-state index contributed by atoms with van der Waals surface area (Å²) in [6, 6.07) is 9.99. The molecule has 0 amide bonds. The standard InChI is InChI=1S/C14H22N2O2S/c1-11(13-5-3-2-4-6-13)10-19(17,18)16-9-12-7-14(15)8-12/h2-6,11-12,14,16H,7-10,15H2,1H3. The molecule has 1 aliphatic rings. The topological polar surface area (TPSA) is 72.2 Å². The first-order valence-corrected chi connectivity index (χ1v) is 8.39. The number of nitrogens with one attached hydrogen (secondary N) is 1. The lowest BCUT2D eigenvalue weighted by atomic mass is 9.81. The van der Waals surface area contributed by atoms with Crippen molar-refractivity contribution in [3.05, 3.63) is 35.9 Å². The van der Waals surface area contributed by atoms with Crippen molar-refractivity contribution < 1.29 is 8.42 Å². The van der Waals surface area contributed by atoms with E-state index in [-0.39, 0.29) is 17.7 Å². The molecule has 0 radical (unpaired) electrons. The van der Waals surface area contributed by atoms with Crippen LogP contribution < -0.4 is 10.5 Å². The molecular weight excluding hydrogens is 260 g/mol. The molecule has 0 bridgehead atoms. The Hall–Kier alpha value is -0.910. The van der Waals surface area contributed by atoms with Crippen LogP contribution in [0, 0.1) is 5.92 Å². The summed E-state index contributed by atoms with van der Waals surface area (Å²) in [4.78, 5) is 0. The average molecular weight is 282 g/mol. The van der Waals surface area contributed by atoms with Crippen molar-refractivity contribution in [2.45, 2.75) is 31.7 Å². The monoisotopic (exact) mass is 282 g/mol. The van der Waals surface area contributed by atoms with Crippen LogP contribution >= 0.6 is 0 Å². The van der Waals surface area contributed by atoms with Crippen LogP contribution in [0.3, 0.4) is 0 Å². The molecule has 0 aliphatic heterocycles. The summed E-state index contributed by atoms with van der Waals surface area (Å²) in [5.74, 6) is 0.551. The fraction of sp³-hybridized carbons (Fsp3) is 0.571. The Bertz CT molecular complexity index is 495. The average Bonchev–Trinajstić information content (AvgIpc) is 2.34. The number of benzene rings is 1. The molecule has 5 heteroatoms. The number of hydrogen-bond acceptors (Lipinski definition) is 3. The number of nitrogens with two attached hydrogens (primary N) is 1. The molecule has 0 heterocycles. The van der Waals surface area contributed by atoms with Crippen LogP contribution in [-0.4, -0.2) is 26.8 Å². The lowest BCUT2D eigenvalue weighted by molar-refractivity contribution is 0.267. The van der Waals surface area contributed by atoms with E-state index in [1.165, 1.54) is 0 Å². The third-order valence-corrected chi connectivity index (χ3v) is 5.25.